The molecule has 132 valence electrons. The molecule has 3 aromatic rings. The molecule has 0 unspecified atom stereocenters. The number of amides is 1. The van der Waals surface area contributed by atoms with Gasteiger partial charge in [0.1, 0.15) is 11.6 Å². The summed E-state index contributed by atoms with van der Waals surface area (Å²) in [6.07, 6.45) is 1.43. The topological polar surface area (TPSA) is 50.7 Å². The monoisotopic (exact) mass is 478 g/mol. The van der Waals surface area contributed by atoms with E-state index in [9.17, 15) is 9.18 Å². The van der Waals surface area contributed by atoms with Crippen LogP contribution in [0.15, 0.2) is 68.6 Å². The molecule has 0 aromatic heterocycles. The lowest BCUT2D eigenvalue weighted by Gasteiger charge is -2.10. The van der Waals surface area contributed by atoms with Gasteiger partial charge in [0.2, 0.25) is 0 Å². The minimum Gasteiger partial charge on any atom is -0.483 e. The third-order valence-corrected chi connectivity index (χ3v) is 4.82. The van der Waals surface area contributed by atoms with Gasteiger partial charge < -0.3 is 4.74 Å². The molecule has 4 nitrogen and oxygen atoms in total. The molecule has 0 heterocycles. The molecule has 0 saturated heterocycles. The van der Waals surface area contributed by atoms with Crippen molar-refractivity contribution < 1.29 is 13.9 Å². The van der Waals surface area contributed by atoms with Crippen LogP contribution in [0.1, 0.15) is 5.56 Å². The average Bonchev–Trinajstić information content (AvgIpc) is 2.63. The first-order chi connectivity index (χ1) is 12.5. The normalized spacial score (nSPS) is 11.0. The third-order valence-electron chi connectivity index (χ3n) is 3.51. The molecule has 7 heteroatoms. The molecule has 1 amide bonds. The van der Waals surface area contributed by atoms with Crippen molar-refractivity contribution in [1.82, 2.24) is 5.43 Å². The Kier molecular flexibility index (Phi) is 6.00. The maximum absolute atomic E-state index is 12.8. The van der Waals surface area contributed by atoms with Gasteiger partial charge in [-0.3, -0.25) is 4.79 Å². The smallest absolute Gasteiger partial charge is 0.277 e. The molecule has 0 radical (unpaired) electrons. The van der Waals surface area contributed by atoms with Crippen LogP contribution in [0.25, 0.3) is 10.8 Å². The summed E-state index contributed by atoms with van der Waals surface area (Å²) in [5, 5.41) is 5.86. The third kappa shape index (κ3) is 4.68. The van der Waals surface area contributed by atoms with E-state index in [1.807, 2.05) is 24.3 Å². The summed E-state index contributed by atoms with van der Waals surface area (Å²) in [7, 11) is 0. The number of nitrogens with one attached hydrogen (secondary N) is 1. The van der Waals surface area contributed by atoms with E-state index in [2.05, 4.69) is 42.4 Å². The van der Waals surface area contributed by atoms with E-state index < -0.39 is 5.91 Å². The Hall–Kier alpha value is -2.25. The van der Waals surface area contributed by atoms with Gasteiger partial charge in [-0.2, -0.15) is 5.10 Å². The number of halogens is 3. The second-order valence-electron chi connectivity index (χ2n) is 5.38. The number of nitrogens with zero attached hydrogens (tertiary/aromatic N) is 1. The summed E-state index contributed by atoms with van der Waals surface area (Å²) in [4.78, 5) is 11.8. The van der Waals surface area contributed by atoms with Gasteiger partial charge >= 0.3 is 0 Å². The Morgan fingerprint density at radius 2 is 1.88 bits per heavy atom. The average molecular weight is 480 g/mol. The van der Waals surface area contributed by atoms with Crippen molar-refractivity contribution in [2.24, 2.45) is 5.10 Å². The molecular weight excluding hydrogens is 467 g/mol. The highest BCUT2D eigenvalue weighted by Crippen LogP contribution is 2.34. The van der Waals surface area contributed by atoms with Crippen LogP contribution in [-0.2, 0) is 4.79 Å². The minimum atomic E-state index is -0.397. The summed E-state index contributed by atoms with van der Waals surface area (Å²) in [6.45, 7) is -0.179. The predicted octanol–water partition coefficient (Wildman–Crippen LogP) is 5.03. The predicted molar refractivity (Wildman–Crippen MR) is 107 cm³/mol. The number of fused-ring (bicyclic) bond motifs is 1. The number of rotatable bonds is 5. The Balaban J connectivity index is 1.59. The highest BCUT2D eigenvalue weighted by molar-refractivity contribution is 9.11. The first-order valence-corrected chi connectivity index (χ1v) is 9.19. The fourth-order valence-electron chi connectivity index (χ4n) is 2.26. The van der Waals surface area contributed by atoms with Crippen molar-refractivity contribution in [2.75, 3.05) is 6.61 Å². The molecular formula is C19H13Br2FN2O2. The van der Waals surface area contributed by atoms with Gasteiger partial charge in [0, 0.05) is 4.47 Å². The number of hydrazone groups is 1. The van der Waals surface area contributed by atoms with Crippen LogP contribution in [0.5, 0.6) is 5.75 Å². The van der Waals surface area contributed by atoms with Crippen molar-refractivity contribution in [3.63, 3.8) is 0 Å². The fraction of sp³-hybridized carbons (Fsp3) is 0.0526. The molecule has 26 heavy (non-hydrogen) atoms. The summed E-state index contributed by atoms with van der Waals surface area (Å²) in [5.74, 6) is -0.156. The minimum absolute atomic E-state index is 0.179. The van der Waals surface area contributed by atoms with E-state index in [1.165, 1.54) is 18.3 Å². The van der Waals surface area contributed by atoms with Crippen molar-refractivity contribution >= 4 is 54.8 Å². The lowest BCUT2D eigenvalue weighted by atomic mass is 10.1. The van der Waals surface area contributed by atoms with Crippen LogP contribution in [-0.4, -0.2) is 18.7 Å². The molecule has 0 atom stereocenters. The zero-order valence-corrected chi connectivity index (χ0v) is 16.6. The van der Waals surface area contributed by atoms with E-state index in [1.54, 1.807) is 18.2 Å². The largest absolute Gasteiger partial charge is 0.483 e. The van der Waals surface area contributed by atoms with Crippen molar-refractivity contribution in [2.45, 2.75) is 0 Å². The fourth-order valence-corrected chi connectivity index (χ4v) is 3.24. The number of carbonyl (C=O) groups excluding carboxylic acids is 1. The molecule has 0 aliphatic rings. The molecule has 3 rings (SSSR count). The zero-order chi connectivity index (χ0) is 18.5. The first kappa shape index (κ1) is 18.5. The highest BCUT2D eigenvalue weighted by atomic mass is 79.9. The Labute approximate surface area is 166 Å². The lowest BCUT2D eigenvalue weighted by Crippen LogP contribution is -2.24. The van der Waals surface area contributed by atoms with Gasteiger partial charge in [-0.05, 0) is 62.6 Å². The van der Waals surface area contributed by atoms with Crippen molar-refractivity contribution in [3.8, 4) is 5.75 Å². The summed E-state index contributed by atoms with van der Waals surface area (Å²) in [5.41, 5.74) is 3.05. The molecule has 3 aromatic carbocycles. The first-order valence-electron chi connectivity index (χ1n) is 7.61. The van der Waals surface area contributed by atoms with E-state index in [-0.39, 0.29) is 12.4 Å². The summed E-state index contributed by atoms with van der Waals surface area (Å²) in [6, 6.07) is 15.4. The highest BCUT2D eigenvalue weighted by Gasteiger charge is 2.08. The van der Waals surface area contributed by atoms with Crippen LogP contribution in [0.3, 0.4) is 0 Å². The maximum atomic E-state index is 12.8. The van der Waals surface area contributed by atoms with Crippen LogP contribution in [0, 0.1) is 5.82 Å². The number of carbonyl (C=O) groups is 1. The molecule has 1 N–H and O–H groups in total. The standard InChI is InChI=1S/C19H13Br2FN2O2/c20-14-4-7-16-13(9-14)3-8-17(19(16)21)26-11-18(25)24-23-10-12-1-5-15(22)6-2-12/h1-10H,11H2,(H,24,25)/b23-10+. The Morgan fingerprint density at radius 3 is 2.65 bits per heavy atom. The van der Waals surface area contributed by atoms with Gasteiger partial charge in [0.15, 0.2) is 6.61 Å². The number of ether oxygens (including phenoxy) is 1. The van der Waals surface area contributed by atoms with Gasteiger partial charge in [0.25, 0.3) is 5.91 Å². The van der Waals surface area contributed by atoms with E-state index >= 15 is 0 Å². The van der Waals surface area contributed by atoms with E-state index in [4.69, 9.17) is 4.74 Å². The van der Waals surface area contributed by atoms with Gasteiger partial charge in [0.05, 0.1) is 10.7 Å². The second kappa shape index (κ2) is 8.42. The molecule has 0 bridgehead atoms. The summed E-state index contributed by atoms with van der Waals surface area (Å²) >= 11 is 6.95. The van der Waals surface area contributed by atoms with Crippen molar-refractivity contribution in [3.05, 3.63) is 74.9 Å². The molecule has 0 spiro atoms. The zero-order valence-electron chi connectivity index (χ0n) is 13.4. The van der Waals surface area contributed by atoms with Gasteiger partial charge in [-0.25, -0.2) is 9.82 Å². The van der Waals surface area contributed by atoms with E-state index in [0.717, 1.165) is 19.7 Å². The number of hydrogen-bond donors (Lipinski definition) is 1. The van der Waals surface area contributed by atoms with Crippen LogP contribution in [0.4, 0.5) is 4.39 Å². The van der Waals surface area contributed by atoms with Gasteiger partial charge in [-0.15, -0.1) is 0 Å². The Morgan fingerprint density at radius 1 is 1.12 bits per heavy atom. The van der Waals surface area contributed by atoms with Crippen LogP contribution >= 0.6 is 31.9 Å². The SMILES string of the molecule is O=C(COc1ccc2cc(Br)ccc2c1Br)N/N=C/c1ccc(F)cc1. The lowest BCUT2D eigenvalue weighted by molar-refractivity contribution is -0.123. The Bertz CT molecular complexity index is 975. The second-order valence-corrected chi connectivity index (χ2v) is 7.09. The summed E-state index contributed by atoms with van der Waals surface area (Å²) < 4.78 is 20.1. The molecule has 0 aliphatic heterocycles. The quantitative estimate of drug-likeness (QED) is 0.412. The maximum Gasteiger partial charge on any atom is 0.277 e. The molecule has 0 fully saturated rings. The number of hydrogen-bond acceptors (Lipinski definition) is 3. The number of benzene rings is 3. The molecule has 0 saturated carbocycles. The van der Waals surface area contributed by atoms with Crippen LogP contribution in [0.2, 0.25) is 0 Å². The van der Waals surface area contributed by atoms with Gasteiger partial charge in [-0.1, -0.05) is 40.2 Å². The van der Waals surface area contributed by atoms with Crippen molar-refractivity contribution in [1.29, 1.82) is 0 Å². The van der Waals surface area contributed by atoms with E-state index in [0.29, 0.717) is 11.3 Å². The van der Waals surface area contributed by atoms with Crippen LogP contribution < -0.4 is 10.2 Å². The molecule has 0 aliphatic carbocycles.